The number of rotatable bonds is 5. The van der Waals surface area contributed by atoms with Gasteiger partial charge in [0, 0.05) is 0 Å². The van der Waals surface area contributed by atoms with E-state index in [4.69, 9.17) is 4.74 Å². The molecule has 19 heavy (non-hydrogen) atoms. The van der Waals surface area contributed by atoms with E-state index in [1.54, 1.807) is 0 Å². The van der Waals surface area contributed by atoms with Gasteiger partial charge >= 0.3 is 5.97 Å². The van der Waals surface area contributed by atoms with Gasteiger partial charge in [0.15, 0.2) is 0 Å². The molecule has 0 N–H and O–H groups in total. The Balaban J connectivity index is 2.62. The molecule has 1 unspecified atom stereocenters. The van der Waals surface area contributed by atoms with Crippen molar-refractivity contribution in [3.8, 4) is 0 Å². The Kier molecular flexibility index (Phi) is 5.59. The van der Waals surface area contributed by atoms with Crippen molar-refractivity contribution in [2.45, 2.75) is 47.6 Å². The van der Waals surface area contributed by atoms with Gasteiger partial charge in [-0.1, -0.05) is 65.0 Å². The molecule has 2 heteroatoms. The molecule has 0 bridgehead atoms. The summed E-state index contributed by atoms with van der Waals surface area (Å²) in [6.07, 6.45) is 0.872. The highest BCUT2D eigenvalue weighted by molar-refractivity contribution is 5.73. The monoisotopic (exact) mass is 262 g/mol. The molecule has 0 aromatic heterocycles. The zero-order valence-corrected chi connectivity index (χ0v) is 12.8. The maximum Gasteiger partial charge on any atom is 0.309 e. The van der Waals surface area contributed by atoms with Crippen LogP contribution in [0.2, 0.25) is 0 Å². The zero-order chi connectivity index (χ0) is 14.5. The van der Waals surface area contributed by atoms with Gasteiger partial charge in [0.05, 0.1) is 5.92 Å². The maximum absolute atomic E-state index is 12.3. The highest BCUT2D eigenvalue weighted by Gasteiger charge is 2.32. The largest absolute Gasteiger partial charge is 0.461 e. The number of hydrogen-bond donors (Lipinski definition) is 0. The van der Waals surface area contributed by atoms with Crippen LogP contribution in [0.15, 0.2) is 30.3 Å². The zero-order valence-electron chi connectivity index (χ0n) is 12.8. The van der Waals surface area contributed by atoms with Crippen molar-refractivity contribution >= 4 is 5.97 Å². The first-order valence-corrected chi connectivity index (χ1v) is 7.01. The molecule has 106 valence electrons. The molecule has 1 atom stereocenters. The van der Waals surface area contributed by atoms with E-state index in [1.807, 2.05) is 30.3 Å². The Morgan fingerprint density at radius 2 is 1.74 bits per heavy atom. The Morgan fingerprint density at radius 1 is 1.16 bits per heavy atom. The summed E-state index contributed by atoms with van der Waals surface area (Å²) in [6.45, 7) is 11.0. The van der Waals surface area contributed by atoms with Gasteiger partial charge in [-0.25, -0.2) is 0 Å². The Labute approximate surface area is 117 Å². The van der Waals surface area contributed by atoms with E-state index in [0.29, 0.717) is 12.5 Å². The second-order valence-corrected chi connectivity index (χ2v) is 6.64. The highest BCUT2D eigenvalue weighted by atomic mass is 16.5. The van der Waals surface area contributed by atoms with Crippen LogP contribution in [0.5, 0.6) is 0 Å². The van der Waals surface area contributed by atoms with Crippen LogP contribution in [0.3, 0.4) is 0 Å². The van der Waals surface area contributed by atoms with E-state index in [2.05, 4.69) is 34.6 Å². The lowest BCUT2D eigenvalue weighted by atomic mass is 9.76. The quantitative estimate of drug-likeness (QED) is 0.733. The first kappa shape index (κ1) is 15.7. The van der Waals surface area contributed by atoms with Crippen LogP contribution >= 0.6 is 0 Å². The number of hydrogen-bond acceptors (Lipinski definition) is 2. The molecular formula is C17H26O2. The molecule has 0 saturated heterocycles. The predicted molar refractivity (Wildman–Crippen MR) is 78.6 cm³/mol. The minimum absolute atomic E-state index is 0.0452. The number of ether oxygens (including phenoxy) is 1. The standard InChI is InChI=1S/C17H26O2/c1-13(2)11-15(17(3,4)5)16(18)19-12-14-9-7-6-8-10-14/h6-10,13,15H,11-12H2,1-5H3. The molecular weight excluding hydrogens is 236 g/mol. The minimum atomic E-state index is -0.0787. The molecule has 0 amide bonds. The molecule has 0 aliphatic carbocycles. The molecule has 1 aromatic carbocycles. The van der Waals surface area contributed by atoms with Gasteiger partial charge in [-0.2, -0.15) is 0 Å². The van der Waals surface area contributed by atoms with E-state index >= 15 is 0 Å². The Morgan fingerprint density at radius 3 is 2.21 bits per heavy atom. The summed E-state index contributed by atoms with van der Waals surface area (Å²) < 4.78 is 5.48. The number of benzene rings is 1. The van der Waals surface area contributed by atoms with Crippen LogP contribution in [0.1, 0.15) is 46.6 Å². The molecule has 0 fully saturated rings. The van der Waals surface area contributed by atoms with E-state index in [9.17, 15) is 4.79 Å². The molecule has 0 spiro atoms. The smallest absolute Gasteiger partial charge is 0.309 e. The molecule has 0 saturated carbocycles. The van der Waals surface area contributed by atoms with Crippen molar-refractivity contribution in [2.75, 3.05) is 0 Å². The predicted octanol–water partition coefficient (Wildman–Crippen LogP) is 4.44. The van der Waals surface area contributed by atoms with Gasteiger partial charge in [-0.3, -0.25) is 4.79 Å². The van der Waals surface area contributed by atoms with Gasteiger partial charge < -0.3 is 4.74 Å². The van der Waals surface area contributed by atoms with Crippen molar-refractivity contribution in [2.24, 2.45) is 17.3 Å². The minimum Gasteiger partial charge on any atom is -0.461 e. The van der Waals surface area contributed by atoms with Crippen molar-refractivity contribution in [3.63, 3.8) is 0 Å². The lowest BCUT2D eigenvalue weighted by Gasteiger charge is -2.30. The number of carbonyl (C=O) groups excluding carboxylic acids is 1. The average Bonchev–Trinajstić information content (AvgIpc) is 2.33. The second kappa shape index (κ2) is 6.74. The molecule has 1 rings (SSSR count). The molecule has 0 radical (unpaired) electrons. The third-order valence-corrected chi connectivity index (χ3v) is 3.26. The van der Waals surface area contributed by atoms with Crippen molar-refractivity contribution in [1.82, 2.24) is 0 Å². The second-order valence-electron chi connectivity index (χ2n) is 6.64. The van der Waals surface area contributed by atoms with Crippen LogP contribution in [0, 0.1) is 17.3 Å². The summed E-state index contributed by atoms with van der Waals surface area (Å²) in [4.78, 5) is 12.3. The third-order valence-electron chi connectivity index (χ3n) is 3.26. The van der Waals surface area contributed by atoms with Crippen molar-refractivity contribution in [3.05, 3.63) is 35.9 Å². The highest BCUT2D eigenvalue weighted by Crippen LogP contribution is 2.32. The SMILES string of the molecule is CC(C)CC(C(=O)OCc1ccccc1)C(C)(C)C. The van der Waals surface area contributed by atoms with E-state index in [0.717, 1.165) is 12.0 Å². The normalized spacial score (nSPS) is 13.4. The van der Waals surface area contributed by atoms with Crippen LogP contribution < -0.4 is 0 Å². The van der Waals surface area contributed by atoms with Crippen molar-refractivity contribution < 1.29 is 9.53 Å². The summed E-state index contributed by atoms with van der Waals surface area (Å²) in [7, 11) is 0. The van der Waals surface area contributed by atoms with Gasteiger partial charge in [-0.15, -0.1) is 0 Å². The fraction of sp³-hybridized carbons (Fsp3) is 0.588. The van der Waals surface area contributed by atoms with Crippen LogP contribution in [0.4, 0.5) is 0 Å². The summed E-state index contributed by atoms with van der Waals surface area (Å²) in [5.74, 6) is 0.370. The first-order chi connectivity index (χ1) is 8.80. The van der Waals surface area contributed by atoms with Gasteiger partial charge in [-0.05, 0) is 23.3 Å². The average molecular weight is 262 g/mol. The van der Waals surface area contributed by atoms with Gasteiger partial charge in [0.25, 0.3) is 0 Å². The van der Waals surface area contributed by atoms with Gasteiger partial charge in [0.2, 0.25) is 0 Å². The van der Waals surface area contributed by atoms with Crippen LogP contribution in [-0.2, 0) is 16.1 Å². The number of esters is 1. The first-order valence-electron chi connectivity index (χ1n) is 7.01. The lowest BCUT2D eigenvalue weighted by Crippen LogP contribution is -2.31. The van der Waals surface area contributed by atoms with Crippen molar-refractivity contribution in [1.29, 1.82) is 0 Å². The summed E-state index contributed by atoms with van der Waals surface area (Å²) >= 11 is 0. The Hall–Kier alpha value is -1.31. The third kappa shape index (κ3) is 5.46. The number of carbonyl (C=O) groups is 1. The van der Waals surface area contributed by atoms with E-state index < -0.39 is 0 Å². The summed E-state index contributed by atoms with van der Waals surface area (Å²) in [5.41, 5.74) is 0.978. The van der Waals surface area contributed by atoms with E-state index in [-0.39, 0.29) is 17.3 Å². The van der Waals surface area contributed by atoms with Gasteiger partial charge in [0.1, 0.15) is 6.61 Å². The lowest BCUT2D eigenvalue weighted by molar-refractivity contribution is -0.154. The molecule has 0 aliphatic heterocycles. The molecule has 1 aromatic rings. The Bertz CT molecular complexity index is 387. The maximum atomic E-state index is 12.3. The molecule has 0 heterocycles. The van der Waals surface area contributed by atoms with Crippen LogP contribution in [0.25, 0.3) is 0 Å². The van der Waals surface area contributed by atoms with E-state index in [1.165, 1.54) is 0 Å². The fourth-order valence-electron chi connectivity index (χ4n) is 2.10. The fourth-order valence-corrected chi connectivity index (χ4v) is 2.10. The molecule has 2 nitrogen and oxygen atoms in total. The summed E-state index contributed by atoms with van der Waals surface area (Å²) in [5, 5.41) is 0. The topological polar surface area (TPSA) is 26.3 Å². The van der Waals surface area contributed by atoms with Crippen LogP contribution in [-0.4, -0.2) is 5.97 Å². The summed E-state index contributed by atoms with van der Waals surface area (Å²) in [6, 6.07) is 9.82. The molecule has 0 aliphatic rings.